The van der Waals surface area contributed by atoms with Crippen LogP contribution in [0.3, 0.4) is 0 Å². The van der Waals surface area contributed by atoms with Crippen molar-refractivity contribution in [2.75, 3.05) is 6.54 Å². The predicted molar refractivity (Wildman–Crippen MR) is 105 cm³/mol. The maximum Gasteiger partial charge on any atom is 0.252 e. The van der Waals surface area contributed by atoms with Crippen molar-refractivity contribution in [2.24, 2.45) is 5.10 Å². The Balaban J connectivity index is 1.46. The van der Waals surface area contributed by atoms with E-state index < -0.39 is 0 Å². The van der Waals surface area contributed by atoms with Crippen molar-refractivity contribution in [3.8, 4) is 0 Å². The van der Waals surface area contributed by atoms with Gasteiger partial charge in [0.15, 0.2) is 0 Å². The minimum atomic E-state index is -0.270. The first kappa shape index (κ1) is 17.9. The molecule has 0 aliphatic carbocycles. The number of hydrogen-bond donors (Lipinski definition) is 3. The van der Waals surface area contributed by atoms with Gasteiger partial charge in [0.2, 0.25) is 5.91 Å². The zero-order valence-electron chi connectivity index (χ0n) is 13.8. The number of aromatic amines is 1. The molecule has 0 bridgehead atoms. The molecule has 0 aliphatic heterocycles. The number of carbonyl (C=O) groups excluding carboxylic acids is 2. The quantitative estimate of drug-likeness (QED) is 0.428. The average Bonchev–Trinajstić information content (AvgIpc) is 3.05. The van der Waals surface area contributed by atoms with Crippen molar-refractivity contribution in [1.82, 2.24) is 15.7 Å². The van der Waals surface area contributed by atoms with Crippen molar-refractivity contribution in [3.63, 3.8) is 0 Å². The summed E-state index contributed by atoms with van der Waals surface area (Å²) in [5.74, 6) is -0.499. The van der Waals surface area contributed by atoms with Crippen LogP contribution in [0.5, 0.6) is 0 Å². The van der Waals surface area contributed by atoms with Gasteiger partial charge in [-0.1, -0.05) is 30.3 Å². The van der Waals surface area contributed by atoms with Crippen LogP contribution >= 0.6 is 15.9 Å². The number of hydrogen-bond acceptors (Lipinski definition) is 3. The maximum absolute atomic E-state index is 12.0. The Bertz CT molecular complexity index is 965. The zero-order chi connectivity index (χ0) is 18.4. The Morgan fingerprint density at radius 3 is 2.73 bits per heavy atom. The molecule has 0 aliphatic rings. The van der Waals surface area contributed by atoms with Crippen LogP contribution < -0.4 is 10.7 Å². The molecule has 0 radical (unpaired) electrons. The lowest BCUT2D eigenvalue weighted by Crippen LogP contribution is -2.29. The van der Waals surface area contributed by atoms with Crippen LogP contribution in [0.25, 0.3) is 10.9 Å². The minimum Gasteiger partial charge on any atom is -0.361 e. The molecule has 3 N–H and O–H groups in total. The second-order valence-electron chi connectivity index (χ2n) is 5.57. The summed E-state index contributed by atoms with van der Waals surface area (Å²) in [4.78, 5) is 27.0. The highest BCUT2D eigenvalue weighted by molar-refractivity contribution is 9.10. The molecule has 132 valence electrons. The van der Waals surface area contributed by atoms with Gasteiger partial charge in [0.1, 0.15) is 0 Å². The van der Waals surface area contributed by atoms with E-state index in [0.29, 0.717) is 10.0 Å². The fourth-order valence-electron chi connectivity index (χ4n) is 2.46. The van der Waals surface area contributed by atoms with Crippen molar-refractivity contribution in [2.45, 2.75) is 6.42 Å². The molecular formula is C19H17BrN4O2. The molecular weight excluding hydrogens is 396 g/mol. The fourth-order valence-corrected chi connectivity index (χ4v) is 2.93. The smallest absolute Gasteiger partial charge is 0.252 e. The lowest BCUT2D eigenvalue weighted by molar-refractivity contribution is -0.120. The van der Waals surface area contributed by atoms with Crippen molar-refractivity contribution >= 4 is 44.9 Å². The van der Waals surface area contributed by atoms with Gasteiger partial charge in [-0.3, -0.25) is 9.59 Å². The van der Waals surface area contributed by atoms with Crippen molar-refractivity contribution in [1.29, 1.82) is 0 Å². The zero-order valence-corrected chi connectivity index (χ0v) is 15.4. The normalized spacial score (nSPS) is 11.0. The summed E-state index contributed by atoms with van der Waals surface area (Å²) < 4.78 is 0.713. The van der Waals surface area contributed by atoms with Gasteiger partial charge >= 0.3 is 0 Å². The lowest BCUT2D eigenvalue weighted by Gasteiger charge is -2.06. The third kappa shape index (κ3) is 4.37. The Kier molecular flexibility index (Phi) is 5.80. The largest absolute Gasteiger partial charge is 0.361 e. The maximum atomic E-state index is 12.0. The first-order chi connectivity index (χ1) is 12.6. The van der Waals surface area contributed by atoms with Gasteiger partial charge < -0.3 is 10.3 Å². The van der Waals surface area contributed by atoms with Crippen molar-refractivity contribution < 1.29 is 9.59 Å². The summed E-state index contributed by atoms with van der Waals surface area (Å²) in [6.07, 6.45) is 3.57. The van der Waals surface area contributed by atoms with E-state index in [2.05, 4.69) is 36.8 Å². The molecule has 7 heteroatoms. The molecule has 0 saturated carbocycles. The molecule has 3 rings (SSSR count). The predicted octanol–water partition coefficient (Wildman–Crippen LogP) is 3.20. The fraction of sp³-hybridized carbons (Fsp3) is 0.105. The number of rotatable bonds is 6. The highest BCUT2D eigenvalue weighted by Gasteiger charge is 2.09. The first-order valence-electron chi connectivity index (χ1n) is 8.06. The molecule has 26 heavy (non-hydrogen) atoms. The van der Waals surface area contributed by atoms with E-state index in [0.717, 1.165) is 16.5 Å². The summed E-state index contributed by atoms with van der Waals surface area (Å²) in [5.41, 5.74) is 4.90. The van der Waals surface area contributed by atoms with Gasteiger partial charge in [-0.15, -0.1) is 0 Å². The highest BCUT2D eigenvalue weighted by Crippen LogP contribution is 2.16. The molecule has 0 saturated heterocycles. The van der Waals surface area contributed by atoms with Crippen LogP contribution in [0.2, 0.25) is 0 Å². The number of nitrogens with zero attached hydrogens (tertiary/aromatic N) is 1. The van der Waals surface area contributed by atoms with Crippen LogP contribution in [-0.4, -0.2) is 29.6 Å². The van der Waals surface area contributed by atoms with E-state index in [1.807, 2.05) is 36.5 Å². The number of halogens is 1. The number of H-pyrrole nitrogens is 1. The van der Waals surface area contributed by atoms with Gasteiger partial charge in [-0.05, 0) is 34.1 Å². The molecule has 2 amide bonds. The molecule has 0 spiro atoms. The summed E-state index contributed by atoms with van der Waals surface area (Å²) in [6.45, 7) is 0.231. The second-order valence-corrected chi connectivity index (χ2v) is 6.42. The summed E-state index contributed by atoms with van der Waals surface area (Å²) >= 11 is 3.33. The van der Waals surface area contributed by atoms with E-state index in [-0.39, 0.29) is 24.8 Å². The van der Waals surface area contributed by atoms with Crippen LogP contribution in [-0.2, 0) is 4.79 Å². The van der Waals surface area contributed by atoms with Gasteiger partial charge in [-0.25, -0.2) is 5.43 Å². The Morgan fingerprint density at radius 2 is 1.88 bits per heavy atom. The number of fused-ring (bicyclic) bond motifs is 1. The minimum absolute atomic E-state index is 0.140. The number of para-hydroxylation sites is 1. The standard InChI is InChI=1S/C19H17BrN4O2/c20-16-7-3-1-6-15(16)19(26)21-10-9-18(25)24-23-12-13-11-22-17-8-4-2-5-14(13)17/h1-8,11-12,22H,9-10H2,(H,21,26)(H,24,25)/b23-12+. The molecule has 2 aromatic carbocycles. The Labute approximate surface area is 158 Å². The topological polar surface area (TPSA) is 86.3 Å². The molecule has 0 fully saturated rings. The summed E-state index contributed by atoms with van der Waals surface area (Å²) in [7, 11) is 0. The average molecular weight is 413 g/mol. The summed E-state index contributed by atoms with van der Waals surface area (Å²) in [6, 6.07) is 15.0. The Morgan fingerprint density at radius 1 is 1.12 bits per heavy atom. The van der Waals surface area contributed by atoms with Crippen LogP contribution in [0.1, 0.15) is 22.3 Å². The van der Waals surface area contributed by atoms with Gasteiger partial charge in [0.25, 0.3) is 5.91 Å². The van der Waals surface area contributed by atoms with E-state index in [4.69, 9.17) is 0 Å². The van der Waals surface area contributed by atoms with Gasteiger partial charge in [-0.2, -0.15) is 5.10 Å². The molecule has 3 aromatic rings. The number of carbonyl (C=O) groups is 2. The monoisotopic (exact) mass is 412 g/mol. The van der Waals surface area contributed by atoms with Gasteiger partial charge in [0.05, 0.1) is 11.8 Å². The number of hydrazone groups is 1. The number of amides is 2. The van der Waals surface area contributed by atoms with E-state index in [1.54, 1.807) is 24.4 Å². The number of nitrogens with one attached hydrogen (secondary N) is 3. The van der Waals surface area contributed by atoms with E-state index >= 15 is 0 Å². The second kappa shape index (κ2) is 8.44. The van der Waals surface area contributed by atoms with E-state index in [1.165, 1.54) is 0 Å². The third-order valence-corrected chi connectivity index (χ3v) is 4.46. The SMILES string of the molecule is O=C(CCNC(=O)c1ccccc1Br)N/N=C/c1c[nH]c2ccccc12. The van der Waals surface area contributed by atoms with Crippen LogP contribution in [0, 0.1) is 0 Å². The molecule has 1 aromatic heterocycles. The first-order valence-corrected chi connectivity index (χ1v) is 8.85. The number of aromatic nitrogens is 1. The molecule has 0 atom stereocenters. The lowest BCUT2D eigenvalue weighted by atomic mass is 10.2. The third-order valence-electron chi connectivity index (χ3n) is 3.77. The molecule has 0 unspecified atom stereocenters. The number of benzene rings is 2. The van der Waals surface area contributed by atoms with Crippen molar-refractivity contribution in [3.05, 3.63) is 70.3 Å². The molecule has 1 heterocycles. The van der Waals surface area contributed by atoms with Crippen LogP contribution in [0.4, 0.5) is 0 Å². The van der Waals surface area contributed by atoms with E-state index in [9.17, 15) is 9.59 Å². The highest BCUT2D eigenvalue weighted by atomic mass is 79.9. The summed E-state index contributed by atoms with van der Waals surface area (Å²) in [5, 5.41) is 7.71. The van der Waals surface area contributed by atoms with Gasteiger partial charge in [0, 0.05) is 40.1 Å². The molecule has 6 nitrogen and oxygen atoms in total. The van der Waals surface area contributed by atoms with Crippen LogP contribution in [0.15, 0.2) is 64.3 Å². The Hall–Kier alpha value is -2.93.